The zero-order valence-electron chi connectivity index (χ0n) is 8.51. The number of amides is 1. The molecule has 1 amide bonds. The second kappa shape index (κ2) is 4.20. The van der Waals surface area contributed by atoms with Crippen molar-refractivity contribution in [1.82, 2.24) is 15.2 Å². The quantitative estimate of drug-likeness (QED) is 0.743. The van der Waals surface area contributed by atoms with Gasteiger partial charge in [-0.1, -0.05) is 6.42 Å². The molecule has 1 unspecified atom stereocenters. The first kappa shape index (κ1) is 11.1. The van der Waals surface area contributed by atoms with Gasteiger partial charge in [0.2, 0.25) is 11.9 Å². The summed E-state index contributed by atoms with van der Waals surface area (Å²) in [5.74, 6) is -0.274. The number of nitrogens with one attached hydrogen (secondary N) is 2. The van der Waals surface area contributed by atoms with E-state index < -0.39 is 21.0 Å². The van der Waals surface area contributed by atoms with Crippen LogP contribution in [-0.4, -0.2) is 40.5 Å². The number of hydrogen-bond acceptors (Lipinski definition) is 5. The van der Waals surface area contributed by atoms with E-state index in [4.69, 9.17) is 0 Å². The number of carbonyl (C=O) groups is 1. The molecule has 0 bridgehead atoms. The second-order valence-electron chi connectivity index (χ2n) is 3.67. The Morgan fingerprint density at radius 3 is 2.94 bits per heavy atom. The molecule has 2 N–H and O–H groups in total. The normalized spacial score (nSPS) is 23.9. The van der Waals surface area contributed by atoms with Crippen LogP contribution in [0.1, 0.15) is 19.3 Å². The molecule has 0 radical (unpaired) electrons. The molecule has 1 saturated heterocycles. The van der Waals surface area contributed by atoms with E-state index in [9.17, 15) is 13.2 Å². The summed E-state index contributed by atoms with van der Waals surface area (Å²) < 4.78 is 23.3. The van der Waals surface area contributed by atoms with Gasteiger partial charge in [-0.15, -0.1) is 0 Å². The Bertz CT molecular complexity index is 467. The SMILES string of the molecule is O=C(Nc1ncn[nH]1)C1CCCCS1(=O)=O. The number of carbonyl (C=O) groups excluding carboxylic acids is 1. The van der Waals surface area contributed by atoms with Crippen LogP contribution in [0.25, 0.3) is 0 Å². The van der Waals surface area contributed by atoms with Gasteiger partial charge < -0.3 is 0 Å². The van der Waals surface area contributed by atoms with E-state index in [0.29, 0.717) is 12.8 Å². The Kier molecular flexibility index (Phi) is 2.90. The number of anilines is 1. The standard InChI is InChI=1S/C8H12N4O3S/c13-7(11-8-9-5-10-12-8)6-3-1-2-4-16(6,14)15/h5-6H,1-4H2,(H2,9,10,11,12,13). The molecule has 7 nitrogen and oxygen atoms in total. The van der Waals surface area contributed by atoms with Crippen LogP contribution in [0.3, 0.4) is 0 Å². The maximum absolute atomic E-state index is 11.7. The van der Waals surface area contributed by atoms with E-state index in [-0.39, 0.29) is 11.7 Å². The Balaban J connectivity index is 2.09. The number of sulfone groups is 1. The van der Waals surface area contributed by atoms with E-state index in [1.54, 1.807) is 0 Å². The lowest BCUT2D eigenvalue weighted by Crippen LogP contribution is -2.39. The fraction of sp³-hybridized carbons (Fsp3) is 0.625. The van der Waals surface area contributed by atoms with Gasteiger partial charge in [-0.2, -0.15) is 10.1 Å². The monoisotopic (exact) mass is 244 g/mol. The fourth-order valence-corrected chi connectivity index (χ4v) is 3.51. The van der Waals surface area contributed by atoms with Gasteiger partial charge in [-0.25, -0.2) is 13.5 Å². The van der Waals surface area contributed by atoms with Crippen molar-refractivity contribution in [1.29, 1.82) is 0 Å². The van der Waals surface area contributed by atoms with Crippen molar-refractivity contribution in [3.05, 3.63) is 6.33 Å². The average Bonchev–Trinajstić information content (AvgIpc) is 2.69. The molecule has 16 heavy (non-hydrogen) atoms. The van der Waals surface area contributed by atoms with E-state index in [2.05, 4.69) is 20.5 Å². The highest BCUT2D eigenvalue weighted by Gasteiger charge is 2.35. The van der Waals surface area contributed by atoms with E-state index in [1.807, 2.05) is 0 Å². The minimum atomic E-state index is -3.30. The van der Waals surface area contributed by atoms with Crippen LogP contribution in [-0.2, 0) is 14.6 Å². The topological polar surface area (TPSA) is 105 Å². The lowest BCUT2D eigenvalue weighted by molar-refractivity contribution is -0.116. The van der Waals surface area contributed by atoms with Crippen molar-refractivity contribution >= 4 is 21.7 Å². The summed E-state index contributed by atoms with van der Waals surface area (Å²) in [6, 6.07) is 0. The minimum absolute atomic E-state index is 0.0848. The zero-order valence-corrected chi connectivity index (χ0v) is 9.33. The van der Waals surface area contributed by atoms with Crippen molar-refractivity contribution in [3.8, 4) is 0 Å². The molecule has 1 aliphatic rings. The summed E-state index contributed by atoms with van der Waals surface area (Å²) in [5.41, 5.74) is 0. The number of rotatable bonds is 2. The number of aromatic amines is 1. The average molecular weight is 244 g/mol. The number of H-pyrrole nitrogens is 1. The second-order valence-corrected chi connectivity index (χ2v) is 5.98. The van der Waals surface area contributed by atoms with Crippen molar-refractivity contribution in [3.63, 3.8) is 0 Å². The number of nitrogens with zero attached hydrogens (tertiary/aromatic N) is 2. The van der Waals surface area contributed by atoms with Crippen molar-refractivity contribution in [2.24, 2.45) is 0 Å². The minimum Gasteiger partial charge on any atom is -0.294 e. The molecule has 1 aliphatic heterocycles. The molecule has 0 spiro atoms. The molecule has 2 rings (SSSR count). The molecular formula is C8H12N4O3S. The highest BCUT2D eigenvalue weighted by Crippen LogP contribution is 2.20. The van der Waals surface area contributed by atoms with E-state index in [1.165, 1.54) is 6.33 Å². The van der Waals surface area contributed by atoms with Gasteiger partial charge >= 0.3 is 0 Å². The molecule has 1 aromatic rings. The maximum atomic E-state index is 11.7. The summed E-state index contributed by atoms with van der Waals surface area (Å²) >= 11 is 0. The lowest BCUT2D eigenvalue weighted by atomic mass is 10.2. The summed E-state index contributed by atoms with van der Waals surface area (Å²) in [6.45, 7) is 0. The fourth-order valence-electron chi connectivity index (χ4n) is 1.71. The third-order valence-corrected chi connectivity index (χ3v) is 4.70. The predicted molar refractivity (Wildman–Crippen MR) is 56.4 cm³/mol. The lowest BCUT2D eigenvalue weighted by Gasteiger charge is -2.20. The van der Waals surface area contributed by atoms with Crippen molar-refractivity contribution in [2.45, 2.75) is 24.5 Å². The van der Waals surface area contributed by atoms with Crippen LogP contribution in [0, 0.1) is 0 Å². The molecule has 88 valence electrons. The summed E-state index contributed by atoms with van der Waals surface area (Å²) in [6.07, 6.45) is 3.01. The van der Waals surface area contributed by atoms with Gasteiger partial charge in [0.25, 0.3) is 0 Å². The maximum Gasteiger partial charge on any atom is 0.245 e. The molecule has 0 aromatic carbocycles. The highest BCUT2D eigenvalue weighted by atomic mass is 32.2. The number of aromatic nitrogens is 3. The molecule has 0 saturated carbocycles. The summed E-state index contributed by atoms with van der Waals surface area (Å²) in [4.78, 5) is 15.4. The first-order valence-electron chi connectivity index (χ1n) is 4.97. The van der Waals surface area contributed by atoms with Gasteiger partial charge in [0.1, 0.15) is 11.6 Å². The van der Waals surface area contributed by atoms with Gasteiger partial charge in [0.15, 0.2) is 9.84 Å². The Morgan fingerprint density at radius 2 is 2.31 bits per heavy atom. The Morgan fingerprint density at radius 1 is 1.50 bits per heavy atom. The largest absolute Gasteiger partial charge is 0.294 e. The summed E-state index contributed by atoms with van der Waals surface area (Å²) in [5, 5.41) is 7.45. The van der Waals surface area contributed by atoms with Gasteiger partial charge in [0.05, 0.1) is 5.75 Å². The zero-order chi connectivity index (χ0) is 11.6. The van der Waals surface area contributed by atoms with Gasteiger partial charge in [0, 0.05) is 0 Å². The van der Waals surface area contributed by atoms with Crippen LogP contribution in [0.5, 0.6) is 0 Å². The first-order chi connectivity index (χ1) is 7.59. The Hall–Kier alpha value is -1.44. The van der Waals surface area contributed by atoms with Crippen LogP contribution < -0.4 is 5.32 Å². The third kappa shape index (κ3) is 2.21. The molecule has 8 heteroatoms. The van der Waals surface area contributed by atoms with Crippen LogP contribution in [0.2, 0.25) is 0 Å². The van der Waals surface area contributed by atoms with Gasteiger partial charge in [-0.3, -0.25) is 10.1 Å². The van der Waals surface area contributed by atoms with E-state index in [0.717, 1.165) is 6.42 Å². The molecule has 1 aromatic heterocycles. The van der Waals surface area contributed by atoms with Gasteiger partial charge in [-0.05, 0) is 12.8 Å². The molecule has 2 heterocycles. The third-order valence-electron chi connectivity index (χ3n) is 2.53. The van der Waals surface area contributed by atoms with Crippen LogP contribution >= 0.6 is 0 Å². The first-order valence-corrected chi connectivity index (χ1v) is 6.69. The number of hydrogen-bond donors (Lipinski definition) is 2. The Labute approximate surface area is 92.6 Å². The molecular weight excluding hydrogens is 232 g/mol. The predicted octanol–water partition coefficient (Wildman–Crippen LogP) is -0.290. The smallest absolute Gasteiger partial charge is 0.245 e. The van der Waals surface area contributed by atoms with E-state index >= 15 is 0 Å². The van der Waals surface area contributed by atoms with Crippen molar-refractivity contribution < 1.29 is 13.2 Å². The molecule has 1 fully saturated rings. The molecule has 0 aliphatic carbocycles. The van der Waals surface area contributed by atoms with Crippen molar-refractivity contribution in [2.75, 3.05) is 11.1 Å². The van der Waals surface area contributed by atoms with Crippen LogP contribution in [0.4, 0.5) is 5.95 Å². The van der Waals surface area contributed by atoms with Crippen LogP contribution in [0.15, 0.2) is 6.33 Å². The highest BCUT2D eigenvalue weighted by molar-refractivity contribution is 7.92. The molecule has 1 atom stereocenters. The summed E-state index contributed by atoms with van der Waals surface area (Å²) in [7, 11) is -3.30.